The number of phenolic OH excluding ortho intramolecular Hbond substituents is 1. The maximum Gasteiger partial charge on any atom is 0.261 e. The highest BCUT2D eigenvalue weighted by Crippen LogP contribution is 2.35. The molecule has 1 N–H and O–H groups in total. The van der Waals surface area contributed by atoms with Crippen LogP contribution in [0, 0.1) is 0 Å². The highest BCUT2D eigenvalue weighted by molar-refractivity contribution is 5.93. The lowest BCUT2D eigenvalue weighted by Gasteiger charge is -2.05. The molecule has 0 radical (unpaired) electrons. The molecular weight excluding hydrogens is 268 g/mol. The predicted octanol–water partition coefficient (Wildman–Crippen LogP) is 3.69. The normalized spacial score (nSPS) is 12.7. The molecule has 0 aliphatic heterocycles. The molecule has 1 heterocycles. The van der Waals surface area contributed by atoms with Crippen molar-refractivity contribution in [3.63, 3.8) is 0 Å². The van der Waals surface area contributed by atoms with Gasteiger partial charge in [0.25, 0.3) is 5.89 Å². The number of fused-ring (bicyclic) bond motifs is 1. The summed E-state index contributed by atoms with van der Waals surface area (Å²) >= 11 is 0. The Morgan fingerprint density at radius 3 is 2.86 bits per heavy atom. The van der Waals surface area contributed by atoms with Gasteiger partial charge in [0.05, 0.1) is 5.56 Å². The lowest BCUT2D eigenvalue weighted by molar-refractivity contribution is 0.0683. The van der Waals surface area contributed by atoms with Crippen molar-refractivity contribution in [2.24, 2.45) is 0 Å². The van der Waals surface area contributed by atoms with Gasteiger partial charge in [-0.05, 0) is 25.3 Å². The van der Waals surface area contributed by atoms with Gasteiger partial charge in [-0.25, -0.2) is 0 Å². The molecule has 21 heavy (non-hydrogen) atoms. The average Bonchev–Trinajstić information content (AvgIpc) is 2.98. The van der Waals surface area contributed by atoms with Crippen LogP contribution in [-0.4, -0.2) is 21.9 Å². The summed E-state index contributed by atoms with van der Waals surface area (Å²) in [4.78, 5) is 4.30. The average molecular weight is 284 g/mol. The maximum atomic E-state index is 10.4. The summed E-state index contributed by atoms with van der Waals surface area (Å²) in [7, 11) is 0. The highest BCUT2D eigenvalue weighted by Gasteiger charge is 2.18. The molecule has 0 aliphatic rings. The number of hydrogen-bond acceptors (Lipinski definition) is 5. The second-order valence-electron chi connectivity index (χ2n) is 4.74. The first-order valence-corrected chi connectivity index (χ1v) is 6.87. The molecule has 1 atom stereocenters. The van der Waals surface area contributed by atoms with Crippen LogP contribution in [0.5, 0.6) is 5.75 Å². The molecule has 0 bridgehead atoms. The van der Waals surface area contributed by atoms with Crippen molar-refractivity contribution in [1.82, 2.24) is 10.1 Å². The Morgan fingerprint density at radius 1 is 1.24 bits per heavy atom. The van der Waals surface area contributed by atoms with Crippen molar-refractivity contribution < 1.29 is 14.4 Å². The summed E-state index contributed by atoms with van der Waals surface area (Å²) in [6, 6.07) is 11.3. The number of benzene rings is 2. The standard InChI is InChI=1S/C16H16N2O3/c1-3-20-10(2)15-17-16(21-18-15)13-9-8-11-6-4-5-7-12(11)14(13)19/h4-10,19H,3H2,1-2H3. The molecule has 3 aromatic rings. The van der Waals surface area contributed by atoms with Crippen LogP contribution in [0.2, 0.25) is 0 Å². The van der Waals surface area contributed by atoms with E-state index < -0.39 is 0 Å². The van der Waals surface area contributed by atoms with Crippen LogP contribution in [0.25, 0.3) is 22.2 Å². The fourth-order valence-electron chi connectivity index (χ4n) is 2.26. The summed E-state index contributed by atoms with van der Waals surface area (Å²) < 4.78 is 10.7. The predicted molar refractivity (Wildman–Crippen MR) is 78.9 cm³/mol. The third kappa shape index (κ3) is 2.48. The summed E-state index contributed by atoms with van der Waals surface area (Å²) in [6.45, 7) is 4.34. The minimum Gasteiger partial charge on any atom is -0.506 e. The van der Waals surface area contributed by atoms with Crippen LogP contribution in [0.15, 0.2) is 40.9 Å². The minimum absolute atomic E-state index is 0.146. The zero-order valence-electron chi connectivity index (χ0n) is 11.9. The molecule has 0 aliphatic carbocycles. The summed E-state index contributed by atoms with van der Waals surface area (Å²) in [5, 5.41) is 16.0. The molecule has 0 amide bonds. The number of ether oxygens (including phenoxy) is 1. The van der Waals surface area contributed by atoms with E-state index in [2.05, 4.69) is 10.1 Å². The molecule has 0 saturated heterocycles. The van der Waals surface area contributed by atoms with Gasteiger partial charge in [0.15, 0.2) is 0 Å². The molecule has 1 aromatic heterocycles. The van der Waals surface area contributed by atoms with Gasteiger partial charge in [0.1, 0.15) is 11.9 Å². The third-order valence-corrected chi connectivity index (χ3v) is 3.35. The van der Waals surface area contributed by atoms with Crippen molar-refractivity contribution in [2.45, 2.75) is 20.0 Å². The maximum absolute atomic E-state index is 10.4. The molecule has 1 unspecified atom stereocenters. The van der Waals surface area contributed by atoms with Crippen molar-refractivity contribution in [3.8, 4) is 17.2 Å². The second kappa shape index (κ2) is 5.54. The Balaban J connectivity index is 2.03. The van der Waals surface area contributed by atoms with E-state index in [1.165, 1.54) is 0 Å². The Hall–Kier alpha value is -2.40. The van der Waals surface area contributed by atoms with E-state index in [1.54, 1.807) is 6.07 Å². The lowest BCUT2D eigenvalue weighted by atomic mass is 10.1. The molecular formula is C16H16N2O3. The number of nitrogens with zero attached hydrogens (tertiary/aromatic N) is 2. The lowest BCUT2D eigenvalue weighted by Crippen LogP contribution is -2.01. The number of rotatable bonds is 4. The van der Waals surface area contributed by atoms with E-state index in [1.807, 2.05) is 44.2 Å². The largest absolute Gasteiger partial charge is 0.506 e. The molecule has 0 saturated carbocycles. The van der Waals surface area contributed by atoms with Gasteiger partial charge in [-0.15, -0.1) is 0 Å². The van der Waals surface area contributed by atoms with Gasteiger partial charge in [-0.3, -0.25) is 0 Å². The summed E-state index contributed by atoms with van der Waals surface area (Å²) in [6.07, 6.45) is -0.241. The smallest absolute Gasteiger partial charge is 0.261 e. The number of hydrogen-bond donors (Lipinski definition) is 1. The van der Waals surface area contributed by atoms with Crippen LogP contribution < -0.4 is 0 Å². The van der Waals surface area contributed by atoms with Crippen LogP contribution in [0.1, 0.15) is 25.8 Å². The highest BCUT2D eigenvalue weighted by atomic mass is 16.5. The first-order chi connectivity index (χ1) is 10.2. The Morgan fingerprint density at radius 2 is 2.05 bits per heavy atom. The zero-order valence-corrected chi connectivity index (χ0v) is 11.9. The third-order valence-electron chi connectivity index (χ3n) is 3.35. The van der Waals surface area contributed by atoms with Gasteiger partial charge in [0.2, 0.25) is 5.82 Å². The fraction of sp³-hybridized carbons (Fsp3) is 0.250. The molecule has 108 valence electrons. The Kier molecular flexibility index (Phi) is 3.58. The fourth-order valence-corrected chi connectivity index (χ4v) is 2.26. The first-order valence-electron chi connectivity index (χ1n) is 6.87. The van der Waals surface area contributed by atoms with Gasteiger partial charge < -0.3 is 14.4 Å². The van der Waals surface area contributed by atoms with Crippen LogP contribution >= 0.6 is 0 Å². The Bertz CT molecular complexity index is 767. The molecule has 5 heteroatoms. The molecule has 0 fully saturated rings. The number of aromatic nitrogens is 2. The Labute approximate surface area is 122 Å². The van der Waals surface area contributed by atoms with Crippen molar-refractivity contribution in [1.29, 1.82) is 0 Å². The van der Waals surface area contributed by atoms with Crippen molar-refractivity contribution >= 4 is 10.8 Å². The van der Waals surface area contributed by atoms with E-state index in [9.17, 15) is 5.11 Å². The quantitative estimate of drug-likeness (QED) is 0.791. The zero-order chi connectivity index (χ0) is 14.8. The molecule has 5 nitrogen and oxygen atoms in total. The van der Waals surface area contributed by atoms with E-state index >= 15 is 0 Å². The SMILES string of the molecule is CCOC(C)c1noc(-c2ccc3ccccc3c2O)n1. The van der Waals surface area contributed by atoms with Gasteiger partial charge >= 0.3 is 0 Å². The minimum atomic E-state index is -0.241. The summed E-state index contributed by atoms with van der Waals surface area (Å²) in [5.41, 5.74) is 0.524. The van der Waals surface area contributed by atoms with Gasteiger partial charge in [-0.1, -0.05) is 35.5 Å². The molecule has 2 aromatic carbocycles. The van der Waals surface area contributed by atoms with Crippen LogP contribution in [0.3, 0.4) is 0 Å². The number of aromatic hydroxyl groups is 1. The van der Waals surface area contributed by atoms with Gasteiger partial charge in [-0.2, -0.15) is 4.98 Å². The molecule has 0 spiro atoms. The van der Waals surface area contributed by atoms with E-state index in [0.29, 0.717) is 23.9 Å². The summed E-state index contributed by atoms with van der Waals surface area (Å²) in [5.74, 6) is 0.909. The second-order valence-corrected chi connectivity index (χ2v) is 4.74. The van der Waals surface area contributed by atoms with E-state index in [4.69, 9.17) is 9.26 Å². The topological polar surface area (TPSA) is 68.4 Å². The van der Waals surface area contributed by atoms with Crippen LogP contribution in [-0.2, 0) is 4.74 Å². The van der Waals surface area contributed by atoms with Crippen molar-refractivity contribution in [3.05, 3.63) is 42.2 Å². The first kappa shape index (κ1) is 13.6. The van der Waals surface area contributed by atoms with Crippen molar-refractivity contribution in [2.75, 3.05) is 6.61 Å². The molecule has 3 rings (SSSR count). The monoisotopic (exact) mass is 284 g/mol. The van der Waals surface area contributed by atoms with E-state index in [-0.39, 0.29) is 11.9 Å². The van der Waals surface area contributed by atoms with Crippen LogP contribution in [0.4, 0.5) is 0 Å². The van der Waals surface area contributed by atoms with E-state index in [0.717, 1.165) is 10.8 Å². The van der Waals surface area contributed by atoms with Gasteiger partial charge in [0, 0.05) is 12.0 Å². The number of phenols is 1.